The van der Waals surface area contributed by atoms with Crippen LogP contribution in [-0.2, 0) is 14.2 Å². The number of rotatable bonds is 5. The fraction of sp³-hybridized carbons (Fsp3) is 1.00. The predicted octanol–water partition coefficient (Wildman–Crippen LogP) is 2.69. The van der Waals surface area contributed by atoms with E-state index in [2.05, 4.69) is 12.6 Å². The van der Waals surface area contributed by atoms with Gasteiger partial charge in [-0.25, -0.2) is 0 Å². The summed E-state index contributed by atoms with van der Waals surface area (Å²) >= 11 is 4.52. The maximum Gasteiger partial charge on any atom is 0.0600 e. The first-order valence-corrected chi connectivity index (χ1v) is 7.74. The molecule has 106 valence electrons. The van der Waals surface area contributed by atoms with E-state index in [1.807, 2.05) is 0 Å². The lowest BCUT2D eigenvalue weighted by molar-refractivity contribution is -0.0792. The van der Waals surface area contributed by atoms with Gasteiger partial charge in [-0.2, -0.15) is 12.6 Å². The summed E-state index contributed by atoms with van der Waals surface area (Å²) in [6.07, 6.45) is 7.57. The molecule has 1 aliphatic carbocycles. The van der Waals surface area contributed by atoms with Crippen molar-refractivity contribution in [3.8, 4) is 0 Å². The SMILES string of the molecule is COC1CCCC(OCC2(CS)CCOCC2)C1. The third-order valence-corrected chi connectivity index (χ3v) is 5.10. The summed E-state index contributed by atoms with van der Waals surface area (Å²) in [7, 11) is 1.81. The van der Waals surface area contributed by atoms with Gasteiger partial charge >= 0.3 is 0 Å². The van der Waals surface area contributed by atoms with Crippen LogP contribution in [0.15, 0.2) is 0 Å². The second-order valence-electron chi connectivity index (χ2n) is 5.73. The molecular weight excluding hydrogens is 248 g/mol. The van der Waals surface area contributed by atoms with E-state index in [1.54, 1.807) is 7.11 Å². The second kappa shape index (κ2) is 7.13. The van der Waals surface area contributed by atoms with E-state index in [4.69, 9.17) is 14.2 Å². The first-order valence-electron chi connectivity index (χ1n) is 7.11. The Balaban J connectivity index is 1.78. The van der Waals surface area contributed by atoms with Crippen LogP contribution in [0.2, 0.25) is 0 Å². The molecule has 3 nitrogen and oxygen atoms in total. The van der Waals surface area contributed by atoms with Crippen LogP contribution in [0.1, 0.15) is 38.5 Å². The van der Waals surface area contributed by atoms with E-state index in [0.717, 1.165) is 44.8 Å². The van der Waals surface area contributed by atoms with Gasteiger partial charge in [0.05, 0.1) is 18.8 Å². The van der Waals surface area contributed by atoms with Crippen molar-refractivity contribution in [1.82, 2.24) is 0 Å². The Morgan fingerprint density at radius 2 is 1.94 bits per heavy atom. The minimum atomic E-state index is 0.237. The Kier molecular flexibility index (Phi) is 5.80. The largest absolute Gasteiger partial charge is 0.381 e. The lowest BCUT2D eigenvalue weighted by atomic mass is 9.83. The number of hydrogen-bond acceptors (Lipinski definition) is 4. The van der Waals surface area contributed by atoms with Crippen molar-refractivity contribution in [2.24, 2.45) is 5.41 Å². The smallest absolute Gasteiger partial charge is 0.0600 e. The highest BCUT2D eigenvalue weighted by molar-refractivity contribution is 7.80. The number of thiol groups is 1. The molecule has 2 unspecified atom stereocenters. The summed E-state index contributed by atoms with van der Waals surface area (Å²) in [5.41, 5.74) is 0.237. The molecular formula is C14H26O3S. The summed E-state index contributed by atoms with van der Waals surface area (Å²) in [6.45, 7) is 2.55. The Bertz CT molecular complexity index is 241. The summed E-state index contributed by atoms with van der Waals surface area (Å²) in [4.78, 5) is 0. The summed E-state index contributed by atoms with van der Waals surface area (Å²) in [5.74, 6) is 0.900. The molecule has 0 N–H and O–H groups in total. The first kappa shape index (κ1) is 14.6. The third-order valence-electron chi connectivity index (χ3n) is 4.43. The minimum absolute atomic E-state index is 0.237. The molecule has 1 heterocycles. The van der Waals surface area contributed by atoms with E-state index >= 15 is 0 Å². The van der Waals surface area contributed by atoms with Gasteiger partial charge in [0.1, 0.15) is 0 Å². The quantitative estimate of drug-likeness (QED) is 0.781. The van der Waals surface area contributed by atoms with E-state index in [-0.39, 0.29) is 5.41 Å². The van der Waals surface area contributed by atoms with Crippen molar-refractivity contribution in [3.63, 3.8) is 0 Å². The number of hydrogen-bond donors (Lipinski definition) is 1. The summed E-state index contributed by atoms with van der Waals surface area (Å²) in [5, 5.41) is 0. The van der Waals surface area contributed by atoms with Crippen molar-refractivity contribution >= 4 is 12.6 Å². The van der Waals surface area contributed by atoms with E-state index in [0.29, 0.717) is 12.2 Å². The molecule has 0 bridgehead atoms. The number of methoxy groups -OCH3 is 1. The highest BCUT2D eigenvalue weighted by atomic mass is 32.1. The molecule has 4 heteroatoms. The molecule has 0 aromatic rings. The van der Waals surface area contributed by atoms with Crippen LogP contribution < -0.4 is 0 Å². The Morgan fingerprint density at radius 1 is 1.22 bits per heavy atom. The van der Waals surface area contributed by atoms with Gasteiger partial charge in [-0.05, 0) is 44.3 Å². The average Bonchev–Trinajstić information content (AvgIpc) is 2.46. The molecule has 18 heavy (non-hydrogen) atoms. The zero-order valence-electron chi connectivity index (χ0n) is 11.4. The van der Waals surface area contributed by atoms with Gasteiger partial charge < -0.3 is 14.2 Å². The van der Waals surface area contributed by atoms with E-state index in [9.17, 15) is 0 Å². The molecule has 1 saturated heterocycles. The monoisotopic (exact) mass is 274 g/mol. The Hall–Kier alpha value is 0.230. The Morgan fingerprint density at radius 3 is 2.61 bits per heavy atom. The standard InChI is InChI=1S/C14H26O3S/c1-15-12-3-2-4-13(9-12)17-10-14(11-18)5-7-16-8-6-14/h12-13,18H,2-11H2,1H3. The fourth-order valence-corrected chi connectivity index (χ4v) is 3.32. The molecule has 2 atom stereocenters. The van der Waals surface area contributed by atoms with Crippen LogP contribution in [0.4, 0.5) is 0 Å². The van der Waals surface area contributed by atoms with Gasteiger partial charge in [0, 0.05) is 25.7 Å². The van der Waals surface area contributed by atoms with Crippen molar-refractivity contribution in [1.29, 1.82) is 0 Å². The average molecular weight is 274 g/mol. The van der Waals surface area contributed by atoms with Gasteiger partial charge in [0.2, 0.25) is 0 Å². The maximum absolute atomic E-state index is 6.16. The maximum atomic E-state index is 6.16. The lowest BCUT2D eigenvalue weighted by Crippen LogP contribution is -2.38. The van der Waals surface area contributed by atoms with Crippen LogP contribution in [0.3, 0.4) is 0 Å². The second-order valence-corrected chi connectivity index (χ2v) is 6.04. The fourth-order valence-electron chi connectivity index (χ4n) is 2.91. The van der Waals surface area contributed by atoms with Gasteiger partial charge in [-0.3, -0.25) is 0 Å². The Labute approximate surface area is 116 Å². The van der Waals surface area contributed by atoms with E-state index in [1.165, 1.54) is 19.3 Å². The van der Waals surface area contributed by atoms with Crippen molar-refractivity contribution < 1.29 is 14.2 Å². The molecule has 0 amide bonds. The first-order chi connectivity index (χ1) is 8.78. The zero-order valence-corrected chi connectivity index (χ0v) is 12.3. The van der Waals surface area contributed by atoms with Crippen LogP contribution >= 0.6 is 12.6 Å². The molecule has 1 aliphatic heterocycles. The molecule has 2 rings (SSSR count). The molecule has 1 saturated carbocycles. The zero-order chi connectivity index (χ0) is 12.8. The van der Waals surface area contributed by atoms with Crippen LogP contribution in [0, 0.1) is 5.41 Å². The molecule has 0 aromatic carbocycles. The number of ether oxygens (including phenoxy) is 3. The van der Waals surface area contributed by atoms with Crippen LogP contribution in [-0.4, -0.2) is 44.9 Å². The summed E-state index contributed by atoms with van der Waals surface area (Å²) < 4.78 is 17.1. The summed E-state index contributed by atoms with van der Waals surface area (Å²) in [6, 6.07) is 0. The van der Waals surface area contributed by atoms with Crippen molar-refractivity contribution in [2.75, 3.05) is 32.7 Å². The normalized spacial score (nSPS) is 32.3. The van der Waals surface area contributed by atoms with Gasteiger partial charge in [-0.15, -0.1) is 0 Å². The minimum Gasteiger partial charge on any atom is -0.381 e. The highest BCUT2D eigenvalue weighted by Crippen LogP contribution is 2.33. The molecule has 0 aromatic heterocycles. The molecule has 2 aliphatic rings. The lowest BCUT2D eigenvalue weighted by Gasteiger charge is -2.38. The predicted molar refractivity (Wildman–Crippen MR) is 75.3 cm³/mol. The van der Waals surface area contributed by atoms with Gasteiger partial charge in [-0.1, -0.05) is 0 Å². The molecule has 2 fully saturated rings. The van der Waals surface area contributed by atoms with Gasteiger partial charge in [0.15, 0.2) is 0 Å². The van der Waals surface area contributed by atoms with Crippen LogP contribution in [0.25, 0.3) is 0 Å². The highest BCUT2D eigenvalue weighted by Gasteiger charge is 2.33. The van der Waals surface area contributed by atoms with E-state index < -0.39 is 0 Å². The van der Waals surface area contributed by atoms with Crippen molar-refractivity contribution in [2.45, 2.75) is 50.7 Å². The van der Waals surface area contributed by atoms with Crippen molar-refractivity contribution in [3.05, 3.63) is 0 Å². The third kappa shape index (κ3) is 3.86. The molecule has 0 spiro atoms. The van der Waals surface area contributed by atoms with Crippen LogP contribution in [0.5, 0.6) is 0 Å². The topological polar surface area (TPSA) is 27.7 Å². The van der Waals surface area contributed by atoms with Gasteiger partial charge in [0.25, 0.3) is 0 Å². The molecule has 0 radical (unpaired) electrons.